The van der Waals surface area contributed by atoms with Gasteiger partial charge in [0, 0.05) is 12.2 Å². The Labute approximate surface area is 108 Å². The molecule has 2 atom stereocenters. The van der Waals surface area contributed by atoms with Gasteiger partial charge >= 0.3 is 5.97 Å². The number of esters is 1. The van der Waals surface area contributed by atoms with Crippen molar-refractivity contribution in [2.45, 2.75) is 32.9 Å². The van der Waals surface area contributed by atoms with Crippen LogP contribution in [-0.4, -0.2) is 60.9 Å². The fraction of sp³-hybridized carbons (Fsp3) is 0.692. The minimum absolute atomic E-state index is 0.180. The molecule has 0 bridgehead atoms. The van der Waals surface area contributed by atoms with Crippen LogP contribution in [0.3, 0.4) is 0 Å². The van der Waals surface area contributed by atoms with Crippen molar-refractivity contribution >= 4 is 11.8 Å². The average molecular weight is 251 g/mol. The molecule has 0 amide bonds. The van der Waals surface area contributed by atoms with Crippen LogP contribution in [0.5, 0.6) is 0 Å². The number of piperazine rings is 1. The number of amidine groups is 1. The van der Waals surface area contributed by atoms with Gasteiger partial charge in [-0.3, -0.25) is 14.7 Å². The van der Waals surface area contributed by atoms with E-state index in [4.69, 9.17) is 4.74 Å². The predicted octanol–water partition coefficient (Wildman–Crippen LogP) is 0.870. The zero-order valence-electron chi connectivity index (χ0n) is 11.7. The van der Waals surface area contributed by atoms with Gasteiger partial charge in [-0.2, -0.15) is 0 Å². The maximum absolute atomic E-state index is 11.8. The smallest absolute Gasteiger partial charge is 0.324 e. The summed E-state index contributed by atoms with van der Waals surface area (Å²) in [6.07, 6.45) is 0. The Morgan fingerprint density at radius 3 is 2.72 bits per heavy atom. The number of hydrogen-bond acceptors (Lipinski definition) is 5. The van der Waals surface area contributed by atoms with Gasteiger partial charge in [-0.05, 0) is 33.4 Å². The van der Waals surface area contributed by atoms with Gasteiger partial charge < -0.3 is 9.64 Å². The molecule has 5 nitrogen and oxygen atoms in total. The zero-order chi connectivity index (χ0) is 13.4. The number of aliphatic imine (C=N–C) groups is 1. The molecule has 0 radical (unpaired) electrons. The van der Waals surface area contributed by atoms with Crippen molar-refractivity contribution in [3.8, 4) is 0 Å². The van der Waals surface area contributed by atoms with Crippen LogP contribution in [0.25, 0.3) is 0 Å². The van der Waals surface area contributed by atoms with Crippen molar-refractivity contribution in [2.24, 2.45) is 4.99 Å². The summed E-state index contributed by atoms with van der Waals surface area (Å²) >= 11 is 0. The third kappa shape index (κ3) is 2.03. The number of nitrogens with zero attached hydrogens (tertiary/aromatic N) is 3. The zero-order valence-corrected chi connectivity index (χ0v) is 11.7. The van der Waals surface area contributed by atoms with Crippen molar-refractivity contribution < 1.29 is 9.53 Å². The van der Waals surface area contributed by atoms with Crippen molar-refractivity contribution in [3.63, 3.8) is 0 Å². The Balaban J connectivity index is 2.29. The lowest BCUT2D eigenvalue weighted by Crippen LogP contribution is -2.56. The summed E-state index contributed by atoms with van der Waals surface area (Å²) < 4.78 is 4.86. The minimum atomic E-state index is -0.217. The van der Waals surface area contributed by atoms with E-state index in [0.29, 0.717) is 6.54 Å². The first-order valence-electron chi connectivity index (χ1n) is 6.25. The van der Waals surface area contributed by atoms with E-state index in [-0.39, 0.29) is 18.1 Å². The van der Waals surface area contributed by atoms with E-state index >= 15 is 0 Å². The monoisotopic (exact) mass is 251 g/mol. The highest BCUT2D eigenvalue weighted by atomic mass is 16.5. The molecule has 1 saturated heterocycles. The molecular formula is C13H21N3O2. The second kappa shape index (κ2) is 4.72. The number of fused-ring (bicyclic) bond motifs is 1. The molecule has 2 aliphatic heterocycles. The van der Waals surface area contributed by atoms with Gasteiger partial charge in [0.2, 0.25) is 0 Å². The Morgan fingerprint density at radius 2 is 2.11 bits per heavy atom. The van der Waals surface area contributed by atoms with Crippen LogP contribution >= 0.6 is 0 Å². The second-order valence-electron chi connectivity index (χ2n) is 5.05. The topological polar surface area (TPSA) is 45.1 Å². The molecule has 18 heavy (non-hydrogen) atoms. The quantitative estimate of drug-likeness (QED) is 0.649. The summed E-state index contributed by atoms with van der Waals surface area (Å²) in [5.74, 6) is 0.811. The lowest BCUT2D eigenvalue weighted by atomic mass is 10.0. The largest absolute Gasteiger partial charge is 0.468 e. The van der Waals surface area contributed by atoms with E-state index in [0.717, 1.165) is 12.4 Å². The molecule has 0 aromatic heterocycles. The average Bonchev–Trinajstić information content (AvgIpc) is 2.34. The molecule has 2 aliphatic rings. The van der Waals surface area contributed by atoms with E-state index in [1.165, 1.54) is 18.4 Å². The van der Waals surface area contributed by atoms with Gasteiger partial charge in [0.1, 0.15) is 11.9 Å². The summed E-state index contributed by atoms with van der Waals surface area (Å²) in [5.41, 5.74) is 2.56. The maximum Gasteiger partial charge on any atom is 0.324 e. The fourth-order valence-corrected chi connectivity index (χ4v) is 2.60. The molecule has 100 valence electrons. The van der Waals surface area contributed by atoms with Crippen molar-refractivity contribution in [3.05, 3.63) is 11.3 Å². The molecule has 2 rings (SSSR count). The van der Waals surface area contributed by atoms with E-state index in [1.807, 2.05) is 18.9 Å². The number of hydrogen-bond donors (Lipinski definition) is 0. The van der Waals surface area contributed by atoms with Crippen LogP contribution in [-0.2, 0) is 9.53 Å². The van der Waals surface area contributed by atoms with Gasteiger partial charge in [-0.25, -0.2) is 0 Å². The molecule has 0 N–H and O–H groups in total. The summed E-state index contributed by atoms with van der Waals surface area (Å²) in [5, 5.41) is 0. The Bertz CT molecular complexity index is 428. The summed E-state index contributed by atoms with van der Waals surface area (Å²) in [6.45, 7) is 7.62. The van der Waals surface area contributed by atoms with E-state index in [2.05, 4.69) is 23.7 Å². The molecule has 0 aromatic carbocycles. The molecule has 1 fully saturated rings. The number of ether oxygens (including phenoxy) is 1. The Hall–Kier alpha value is -1.36. The molecule has 5 heteroatoms. The fourth-order valence-electron chi connectivity index (χ4n) is 2.60. The number of carbonyl (C=O) groups is 1. The molecule has 1 unspecified atom stereocenters. The standard InChI is InChI=1S/C13H21N3O2/c1-8-9(2)14-10(3)16-7-12(13(17)18-5)15(4)6-11(8)16/h9,12H,6-7H2,1-5H3/t9-,12?/m1/s1. The summed E-state index contributed by atoms with van der Waals surface area (Å²) in [7, 11) is 3.40. The number of likely N-dealkylation sites (N-methyl/N-ethyl adjacent to an activating group) is 1. The first-order chi connectivity index (χ1) is 8.45. The van der Waals surface area contributed by atoms with Crippen LogP contribution in [0.4, 0.5) is 0 Å². The highest BCUT2D eigenvalue weighted by molar-refractivity contribution is 5.85. The lowest BCUT2D eigenvalue weighted by molar-refractivity contribution is -0.147. The highest BCUT2D eigenvalue weighted by Crippen LogP contribution is 2.27. The number of carbonyl (C=O) groups excluding carboxylic acids is 1. The summed E-state index contributed by atoms with van der Waals surface area (Å²) in [6, 6.07) is 0.0180. The van der Waals surface area contributed by atoms with Crippen molar-refractivity contribution in [1.82, 2.24) is 9.80 Å². The second-order valence-corrected chi connectivity index (χ2v) is 5.05. The molecule has 0 saturated carbocycles. The van der Waals surface area contributed by atoms with Crippen molar-refractivity contribution in [1.29, 1.82) is 0 Å². The molecular weight excluding hydrogens is 230 g/mol. The van der Waals surface area contributed by atoms with E-state index in [1.54, 1.807) is 0 Å². The van der Waals surface area contributed by atoms with Gasteiger partial charge in [0.05, 0.1) is 19.7 Å². The molecule has 0 aromatic rings. The van der Waals surface area contributed by atoms with E-state index < -0.39 is 0 Å². The molecule has 0 spiro atoms. The summed E-state index contributed by atoms with van der Waals surface area (Å²) in [4.78, 5) is 20.6. The Morgan fingerprint density at radius 1 is 1.44 bits per heavy atom. The van der Waals surface area contributed by atoms with Crippen LogP contribution in [0, 0.1) is 0 Å². The normalized spacial score (nSPS) is 28.9. The molecule has 2 heterocycles. The van der Waals surface area contributed by atoms with Crippen molar-refractivity contribution in [2.75, 3.05) is 27.2 Å². The number of rotatable bonds is 1. The predicted molar refractivity (Wildman–Crippen MR) is 70.4 cm³/mol. The minimum Gasteiger partial charge on any atom is -0.468 e. The van der Waals surface area contributed by atoms with Gasteiger partial charge in [-0.1, -0.05) is 0 Å². The van der Waals surface area contributed by atoms with Gasteiger partial charge in [-0.15, -0.1) is 0 Å². The lowest BCUT2D eigenvalue weighted by Gasteiger charge is -2.44. The van der Waals surface area contributed by atoms with Crippen LogP contribution < -0.4 is 0 Å². The van der Waals surface area contributed by atoms with Crippen LogP contribution in [0.15, 0.2) is 16.3 Å². The van der Waals surface area contributed by atoms with Crippen LogP contribution in [0.1, 0.15) is 20.8 Å². The number of methoxy groups -OCH3 is 1. The third-order valence-corrected chi connectivity index (χ3v) is 3.94. The first-order valence-corrected chi connectivity index (χ1v) is 6.25. The van der Waals surface area contributed by atoms with Crippen LogP contribution in [0.2, 0.25) is 0 Å². The van der Waals surface area contributed by atoms with Gasteiger partial charge in [0.25, 0.3) is 0 Å². The van der Waals surface area contributed by atoms with E-state index in [9.17, 15) is 4.79 Å². The Kier molecular flexibility index (Phi) is 3.43. The van der Waals surface area contributed by atoms with Gasteiger partial charge in [0.15, 0.2) is 0 Å². The third-order valence-electron chi connectivity index (χ3n) is 3.94. The first kappa shape index (κ1) is 13.1. The SMILES string of the molecule is COC(=O)C1CN2C(C)=N[C@H](C)C(C)=C2CN1C. The highest BCUT2D eigenvalue weighted by Gasteiger charge is 2.36. The maximum atomic E-state index is 11.8. The molecule has 0 aliphatic carbocycles.